The average Bonchev–Trinajstić information content (AvgIpc) is 2.76. The second-order valence-electron chi connectivity index (χ2n) is 5.49. The molecular formula is C15H18ClNS. The van der Waals surface area contributed by atoms with Crippen LogP contribution in [0.15, 0.2) is 29.6 Å². The third kappa shape index (κ3) is 3.33. The lowest BCUT2D eigenvalue weighted by atomic mass is 9.86. The Bertz CT molecular complexity index is 508. The fourth-order valence-electron chi connectivity index (χ4n) is 1.79. The first kappa shape index (κ1) is 13.6. The van der Waals surface area contributed by atoms with Gasteiger partial charge in [0.05, 0.1) is 16.6 Å². The van der Waals surface area contributed by atoms with E-state index >= 15 is 0 Å². The van der Waals surface area contributed by atoms with Gasteiger partial charge in [-0.25, -0.2) is 4.98 Å². The van der Waals surface area contributed by atoms with Crippen LogP contribution in [0.3, 0.4) is 0 Å². The zero-order chi connectivity index (χ0) is 13.2. The molecule has 0 aliphatic heterocycles. The zero-order valence-electron chi connectivity index (χ0n) is 11.0. The normalized spacial score (nSPS) is 11.8. The molecule has 1 nitrogen and oxygen atoms in total. The molecule has 0 aliphatic carbocycles. The van der Waals surface area contributed by atoms with E-state index in [1.165, 1.54) is 11.1 Å². The predicted octanol–water partition coefficient (Wildman–Crippen LogP) is 4.77. The number of nitrogens with zero attached hydrogens (tertiary/aromatic N) is 1. The monoisotopic (exact) mass is 279 g/mol. The molecule has 0 fully saturated rings. The van der Waals surface area contributed by atoms with Gasteiger partial charge in [-0.05, 0) is 16.5 Å². The number of hydrogen-bond donors (Lipinski definition) is 0. The summed E-state index contributed by atoms with van der Waals surface area (Å²) in [6.45, 7) is 6.70. The van der Waals surface area contributed by atoms with Gasteiger partial charge < -0.3 is 0 Å². The summed E-state index contributed by atoms with van der Waals surface area (Å²) in [6.07, 6.45) is 0.895. The Morgan fingerprint density at radius 2 is 1.83 bits per heavy atom. The summed E-state index contributed by atoms with van der Waals surface area (Å²) < 4.78 is 0. The standard InChI is InChI=1S/C15H18ClNS/c1-15(2,3)12-6-4-11(5-7-12)8-14-17-13(9-16)10-18-14/h4-7,10H,8-9H2,1-3H3. The zero-order valence-corrected chi connectivity index (χ0v) is 12.6. The summed E-state index contributed by atoms with van der Waals surface area (Å²) in [7, 11) is 0. The van der Waals surface area contributed by atoms with Gasteiger partial charge in [-0.2, -0.15) is 0 Å². The van der Waals surface area contributed by atoms with Crippen molar-refractivity contribution >= 4 is 22.9 Å². The maximum atomic E-state index is 5.76. The van der Waals surface area contributed by atoms with Crippen LogP contribution < -0.4 is 0 Å². The van der Waals surface area contributed by atoms with Gasteiger partial charge >= 0.3 is 0 Å². The number of hydrogen-bond acceptors (Lipinski definition) is 2. The molecule has 0 amide bonds. The quantitative estimate of drug-likeness (QED) is 0.738. The number of halogens is 1. The first-order valence-electron chi connectivity index (χ1n) is 6.08. The van der Waals surface area contributed by atoms with Gasteiger partial charge in [-0.15, -0.1) is 22.9 Å². The van der Waals surface area contributed by atoms with Gasteiger partial charge in [-0.1, -0.05) is 45.0 Å². The first-order chi connectivity index (χ1) is 8.49. The highest BCUT2D eigenvalue weighted by Crippen LogP contribution is 2.23. The largest absolute Gasteiger partial charge is 0.245 e. The number of alkyl halides is 1. The molecule has 0 N–H and O–H groups in total. The SMILES string of the molecule is CC(C)(C)c1ccc(Cc2nc(CCl)cs2)cc1. The molecule has 0 saturated carbocycles. The summed E-state index contributed by atoms with van der Waals surface area (Å²) in [4.78, 5) is 4.48. The van der Waals surface area contributed by atoms with Crippen LogP contribution in [0.5, 0.6) is 0 Å². The number of aromatic nitrogens is 1. The van der Waals surface area contributed by atoms with E-state index in [9.17, 15) is 0 Å². The Kier molecular flexibility index (Phi) is 4.08. The molecule has 18 heavy (non-hydrogen) atoms. The Labute approximate surface area is 118 Å². The summed E-state index contributed by atoms with van der Waals surface area (Å²) in [5.74, 6) is 0.499. The van der Waals surface area contributed by atoms with Gasteiger partial charge in [0.15, 0.2) is 0 Å². The molecule has 0 atom stereocenters. The number of rotatable bonds is 3. The average molecular weight is 280 g/mol. The van der Waals surface area contributed by atoms with Crippen molar-refractivity contribution in [3.8, 4) is 0 Å². The van der Waals surface area contributed by atoms with E-state index in [0.717, 1.165) is 17.1 Å². The van der Waals surface area contributed by atoms with Crippen LogP contribution in [0.2, 0.25) is 0 Å². The Hall–Kier alpha value is -0.860. The molecule has 0 aliphatic rings. The van der Waals surface area contributed by atoms with E-state index in [-0.39, 0.29) is 5.41 Å². The van der Waals surface area contributed by atoms with Gasteiger partial charge in [0.2, 0.25) is 0 Å². The van der Waals surface area contributed by atoms with Gasteiger partial charge in [-0.3, -0.25) is 0 Å². The summed E-state index contributed by atoms with van der Waals surface area (Å²) in [5.41, 5.74) is 3.86. The molecule has 0 spiro atoms. The molecule has 96 valence electrons. The molecule has 1 aromatic heterocycles. The van der Waals surface area contributed by atoms with E-state index in [0.29, 0.717) is 5.88 Å². The van der Waals surface area contributed by atoms with Crippen molar-refractivity contribution < 1.29 is 0 Å². The van der Waals surface area contributed by atoms with E-state index in [2.05, 4.69) is 50.0 Å². The highest BCUT2D eigenvalue weighted by Gasteiger charge is 2.13. The summed E-state index contributed by atoms with van der Waals surface area (Å²) in [5, 5.41) is 3.17. The van der Waals surface area contributed by atoms with Crippen LogP contribution in [-0.2, 0) is 17.7 Å². The van der Waals surface area contributed by atoms with Crippen molar-refractivity contribution in [3.05, 3.63) is 51.5 Å². The van der Waals surface area contributed by atoms with Crippen molar-refractivity contribution in [2.45, 2.75) is 38.5 Å². The Morgan fingerprint density at radius 1 is 1.17 bits per heavy atom. The van der Waals surface area contributed by atoms with Crippen molar-refractivity contribution in [1.82, 2.24) is 4.98 Å². The van der Waals surface area contributed by atoms with Gasteiger partial charge in [0.1, 0.15) is 0 Å². The first-order valence-corrected chi connectivity index (χ1v) is 7.49. The van der Waals surface area contributed by atoms with Gasteiger partial charge in [0.25, 0.3) is 0 Å². The molecule has 0 bridgehead atoms. The minimum Gasteiger partial charge on any atom is -0.245 e. The molecule has 0 unspecified atom stereocenters. The van der Waals surface area contributed by atoms with Crippen LogP contribution in [0.4, 0.5) is 0 Å². The van der Waals surface area contributed by atoms with E-state index in [4.69, 9.17) is 11.6 Å². The lowest BCUT2D eigenvalue weighted by Gasteiger charge is -2.19. The third-order valence-corrected chi connectivity index (χ3v) is 4.08. The summed E-state index contributed by atoms with van der Waals surface area (Å²) >= 11 is 7.44. The maximum Gasteiger partial charge on any atom is 0.0972 e. The van der Waals surface area contributed by atoms with E-state index in [1.807, 2.05) is 5.38 Å². The topological polar surface area (TPSA) is 12.9 Å². The predicted molar refractivity (Wildman–Crippen MR) is 79.6 cm³/mol. The lowest BCUT2D eigenvalue weighted by Crippen LogP contribution is -2.10. The van der Waals surface area contributed by atoms with Gasteiger partial charge in [0, 0.05) is 11.8 Å². The molecule has 1 heterocycles. The molecule has 2 rings (SSSR count). The highest BCUT2D eigenvalue weighted by atomic mass is 35.5. The van der Waals surface area contributed by atoms with Crippen LogP contribution in [0.1, 0.15) is 42.6 Å². The minimum atomic E-state index is 0.214. The van der Waals surface area contributed by atoms with Crippen LogP contribution in [-0.4, -0.2) is 4.98 Å². The molecule has 2 aromatic rings. The second kappa shape index (κ2) is 5.41. The van der Waals surface area contributed by atoms with E-state index in [1.54, 1.807) is 11.3 Å². The van der Waals surface area contributed by atoms with Crippen molar-refractivity contribution in [1.29, 1.82) is 0 Å². The molecule has 3 heteroatoms. The molecular weight excluding hydrogens is 262 g/mol. The van der Waals surface area contributed by atoms with E-state index < -0.39 is 0 Å². The fourth-order valence-corrected chi connectivity index (χ4v) is 2.85. The Morgan fingerprint density at radius 3 is 2.33 bits per heavy atom. The fraction of sp³-hybridized carbons (Fsp3) is 0.400. The molecule has 1 aromatic carbocycles. The van der Waals surface area contributed by atoms with Crippen LogP contribution in [0.25, 0.3) is 0 Å². The van der Waals surface area contributed by atoms with Crippen LogP contribution in [0, 0.1) is 0 Å². The Balaban J connectivity index is 2.11. The second-order valence-corrected chi connectivity index (χ2v) is 6.70. The minimum absolute atomic E-state index is 0.214. The van der Waals surface area contributed by atoms with Crippen molar-refractivity contribution in [3.63, 3.8) is 0 Å². The van der Waals surface area contributed by atoms with Crippen molar-refractivity contribution in [2.24, 2.45) is 0 Å². The summed E-state index contributed by atoms with van der Waals surface area (Å²) in [6, 6.07) is 8.82. The number of thiazole rings is 1. The number of benzene rings is 1. The smallest absolute Gasteiger partial charge is 0.0972 e. The molecule has 0 radical (unpaired) electrons. The van der Waals surface area contributed by atoms with Crippen molar-refractivity contribution in [2.75, 3.05) is 0 Å². The maximum absolute atomic E-state index is 5.76. The molecule has 0 saturated heterocycles. The third-order valence-electron chi connectivity index (χ3n) is 2.91. The highest BCUT2D eigenvalue weighted by molar-refractivity contribution is 7.09. The lowest BCUT2D eigenvalue weighted by molar-refractivity contribution is 0.590. The van der Waals surface area contributed by atoms with Crippen LogP contribution >= 0.6 is 22.9 Å².